The average Bonchev–Trinajstić information content (AvgIpc) is 2.97. The summed E-state index contributed by atoms with van der Waals surface area (Å²) >= 11 is 0. The summed E-state index contributed by atoms with van der Waals surface area (Å²) in [6.07, 6.45) is 3.76. The lowest BCUT2D eigenvalue weighted by Crippen LogP contribution is -2.34. The number of hydrogen-bond donors (Lipinski definition) is 1. The molecule has 1 aromatic carbocycles. The molecule has 1 fully saturated rings. The van der Waals surface area contributed by atoms with E-state index in [0.717, 1.165) is 19.6 Å². The van der Waals surface area contributed by atoms with Crippen molar-refractivity contribution in [2.75, 3.05) is 31.6 Å². The number of fused-ring (bicyclic) bond motifs is 1. The van der Waals surface area contributed by atoms with Crippen molar-refractivity contribution in [2.24, 2.45) is 5.73 Å². The highest BCUT2D eigenvalue weighted by Gasteiger charge is 2.23. The van der Waals surface area contributed by atoms with Crippen LogP contribution in [0.4, 0.5) is 5.69 Å². The van der Waals surface area contributed by atoms with Crippen LogP contribution in [0.15, 0.2) is 18.2 Å². The molecule has 98 valence electrons. The van der Waals surface area contributed by atoms with Gasteiger partial charge in [0.15, 0.2) is 0 Å². The fourth-order valence-electron chi connectivity index (χ4n) is 3.32. The van der Waals surface area contributed by atoms with E-state index >= 15 is 0 Å². The minimum absolute atomic E-state index is 0.598. The van der Waals surface area contributed by atoms with Crippen LogP contribution in [-0.4, -0.2) is 37.6 Å². The highest BCUT2D eigenvalue weighted by molar-refractivity contribution is 5.58. The normalized spacial score (nSPS) is 23.7. The van der Waals surface area contributed by atoms with Crippen LogP contribution in [-0.2, 0) is 13.0 Å². The number of nitrogens with zero attached hydrogens (tertiary/aromatic N) is 2. The molecule has 3 nitrogen and oxygen atoms in total. The molecule has 2 aliphatic heterocycles. The largest absolute Gasteiger partial charge is 0.374 e. The second-order valence-electron chi connectivity index (χ2n) is 5.64. The van der Waals surface area contributed by atoms with Gasteiger partial charge in [0.2, 0.25) is 0 Å². The van der Waals surface area contributed by atoms with Gasteiger partial charge in [-0.05, 0) is 43.0 Å². The zero-order valence-corrected chi connectivity index (χ0v) is 11.2. The lowest BCUT2D eigenvalue weighted by Gasteiger charge is -2.23. The molecular weight excluding hydrogens is 222 g/mol. The molecule has 0 spiro atoms. The smallest absolute Gasteiger partial charge is 0.0397 e. The minimum atomic E-state index is 0.598. The van der Waals surface area contributed by atoms with E-state index in [0.29, 0.717) is 6.04 Å². The van der Waals surface area contributed by atoms with Crippen molar-refractivity contribution in [3.8, 4) is 0 Å². The molecule has 0 saturated carbocycles. The van der Waals surface area contributed by atoms with E-state index in [1.165, 1.54) is 42.6 Å². The molecule has 1 atom stereocenters. The van der Waals surface area contributed by atoms with Gasteiger partial charge >= 0.3 is 0 Å². The number of nitrogens with two attached hydrogens (primary N) is 1. The first-order chi connectivity index (χ1) is 8.78. The molecule has 0 aliphatic carbocycles. The van der Waals surface area contributed by atoms with Crippen molar-refractivity contribution < 1.29 is 0 Å². The Morgan fingerprint density at radius 2 is 2.22 bits per heavy atom. The number of anilines is 1. The van der Waals surface area contributed by atoms with Gasteiger partial charge in [-0.1, -0.05) is 12.1 Å². The van der Waals surface area contributed by atoms with Crippen molar-refractivity contribution in [3.05, 3.63) is 29.3 Å². The first kappa shape index (κ1) is 12.0. The van der Waals surface area contributed by atoms with Crippen molar-refractivity contribution in [3.63, 3.8) is 0 Å². The zero-order valence-electron chi connectivity index (χ0n) is 11.2. The molecule has 3 heteroatoms. The third-order valence-corrected chi connectivity index (χ3v) is 4.43. The van der Waals surface area contributed by atoms with Gasteiger partial charge in [0.05, 0.1) is 0 Å². The van der Waals surface area contributed by atoms with Crippen LogP contribution in [0, 0.1) is 0 Å². The van der Waals surface area contributed by atoms with Crippen LogP contribution in [0.3, 0.4) is 0 Å². The number of hydrogen-bond acceptors (Lipinski definition) is 3. The van der Waals surface area contributed by atoms with Gasteiger partial charge in [0.1, 0.15) is 0 Å². The summed E-state index contributed by atoms with van der Waals surface area (Å²) < 4.78 is 0. The predicted octanol–water partition coefficient (Wildman–Crippen LogP) is 1.60. The Bertz CT molecular complexity index is 430. The molecule has 2 heterocycles. The van der Waals surface area contributed by atoms with Crippen LogP contribution >= 0.6 is 0 Å². The Morgan fingerprint density at radius 1 is 1.33 bits per heavy atom. The molecule has 18 heavy (non-hydrogen) atoms. The van der Waals surface area contributed by atoms with Crippen LogP contribution < -0.4 is 10.6 Å². The van der Waals surface area contributed by atoms with Crippen molar-refractivity contribution in [1.82, 2.24) is 4.90 Å². The number of rotatable bonds is 3. The summed E-state index contributed by atoms with van der Waals surface area (Å²) in [4.78, 5) is 4.89. The highest BCUT2D eigenvalue weighted by atomic mass is 15.2. The number of benzene rings is 1. The molecule has 1 saturated heterocycles. The van der Waals surface area contributed by atoms with Gasteiger partial charge in [-0.3, -0.25) is 4.90 Å². The molecule has 2 aliphatic rings. The Kier molecular flexibility index (Phi) is 3.27. The molecule has 0 amide bonds. The van der Waals surface area contributed by atoms with Crippen molar-refractivity contribution in [2.45, 2.75) is 31.8 Å². The van der Waals surface area contributed by atoms with Crippen LogP contribution in [0.2, 0.25) is 0 Å². The zero-order chi connectivity index (χ0) is 12.5. The standard InChI is InChI=1S/C15H23N3/c1-17-8-6-13-9-12(4-5-15(13)17)11-18-7-2-3-14(18)10-16/h4-5,9,14H,2-3,6-8,10-11,16H2,1H3. The van der Waals surface area contributed by atoms with Gasteiger partial charge in [0.25, 0.3) is 0 Å². The Labute approximate surface area is 110 Å². The van der Waals surface area contributed by atoms with Gasteiger partial charge < -0.3 is 10.6 Å². The molecule has 0 radical (unpaired) electrons. The molecular formula is C15H23N3. The third-order valence-electron chi connectivity index (χ3n) is 4.43. The lowest BCUT2D eigenvalue weighted by atomic mass is 10.1. The lowest BCUT2D eigenvalue weighted by molar-refractivity contribution is 0.250. The van der Waals surface area contributed by atoms with E-state index in [1.807, 2.05) is 0 Å². The van der Waals surface area contributed by atoms with Crippen LogP contribution in [0.25, 0.3) is 0 Å². The van der Waals surface area contributed by atoms with Gasteiger partial charge in [-0.2, -0.15) is 0 Å². The van der Waals surface area contributed by atoms with Crippen LogP contribution in [0.5, 0.6) is 0 Å². The van der Waals surface area contributed by atoms with Crippen molar-refractivity contribution in [1.29, 1.82) is 0 Å². The maximum atomic E-state index is 5.84. The summed E-state index contributed by atoms with van der Waals surface area (Å²) in [5.74, 6) is 0. The third kappa shape index (κ3) is 2.13. The molecule has 1 unspecified atom stereocenters. The summed E-state index contributed by atoms with van der Waals surface area (Å²) in [6.45, 7) is 4.24. The van der Waals surface area contributed by atoms with Crippen LogP contribution in [0.1, 0.15) is 24.0 Å². The Hall–Kier alpha value is -1.06. The van der Waals surface area contributed by atoms with E-state index in [4.69, 9.17) is 5.73 Å². The average molecular weight is 245 g/mol. The van der Waals surface area contributed by atoms with E-state index in [-0.39, 0.29) is 0 Å². The van der Waals surface area contributed by atoms with Gasteiger partial charge in [0, 0.05) is 38.4 Å². The Morgan fingerprint density at radius 3 is 3.06 bits per heavy atom. The number of likely N-dealkylation sites (N-methyl/N-ethyl adjacent to an activating group) is 1. The summed E-state index contributed by atoms with van der Waals surface area (Å²) in [5.41, 5.74) is 10.2. The van der Waals surface area contributed by atoms with Gasteiger partial charge in [-0.15, -0.1) is 0 Å². The van der Waals surface area contributed by atoms with E-state index in [2.05, 4.69) is 35.0 Å². The maximum absolute atomic E-state index is 5.84. The molecule has 0 bridgehead atoms. The fraction of sp³-hybridized carbons (Fsp3) is 0.600. The first-order valence-corrected chi connectivity index (χ1v) is 7.05. The van der Waals surface area contributed by atoms with E-state index in [1.54, 1.807) is 0 Å². The summed E-state index contributed by atoms with van der Waals surface area (Å²) in [7, 11) is 2.18. The van der Waals surface area contributed by atoms with Gasteiger partial charge in [-0.25, -0.2) is 0 Å². The second-order valence-corrected chi connectivity index (χ2v) is 5.64. The molecule has 0 aromatic heterocycles. The summed E-state index contributed by atoms with van der Waals surface area (Å²) in [6, 6.07) is 7.56. The maximum Gasteiger partial charge on any atom is 0.0397 e. The molecule has 3 rings (SSSR count). The monoisotopic (exact) mass is 245 g/mol. The fourth-order valence-corrected chi connectivity index (χ4v) is 3.32. The second kappa shape index (κ2) is 4.90. The topological polar surface area (TPSA) is 32.5 Å². The summed E-state index contributed by atoms with van der Waals surface area (Å²) in [5, 5.41) is 0. The van der Waals surface area contributed by atoms with Crippen molar-refractivity contribution >= 4 is 5.69 Å². The number of likely N-dealkylation sites (tertiary alicyclic amines) is 1. The van der Waals surface area contributed by atoms with E-state index < -0.39 is 0 Å². The predicted molar refractivity (Wildman–Crippen MR) is 75.9 cm³/mol. The first-order valence-electron chi connectivity index (χ1n) is 7.05. The molecule has 1 aromatic rings. The molecule has 2 N–H and O–H groups in total. The SMILES string of the molecule is CN1CCc2cc(CN3CCCC3CN)ccc21. The quantitative estimate of drug-likeness (QED) is 0.878. The minimum Gasteiger partial charge on any atom is -0.374 e. The van der Waals surface area contributed by atoms with E-state index in [9.17, 15) is 0 Å². The highest BCUT2D eigenvalue weighted by Crippen LogP contribution is 2.28. The Balaban J connectivity index is 1.74.